The molecule has 0 bridgehead atoms. The average Bonchev–Trinajstić information content (AvgIpc) is 3.13. The Morgan fingerprint density at radius 2 is 1.62 bits per heavy atom. The Hall–Kier alpha value is -3.76. The van der Waals surface area contributed by atoms with Gasteiger partial charge >= 0.3 is 5.97 Å². The number of esters is 1. The second-order valence-electron chi connectivity index (χ2n) is 7.53. The molecule has 34 heavy (non-hydrogen) atoms. The van der Waals surface area contributed by atoms with E-state index in [0.29, 0.717) is 21.6 Å². The first-order chi connectivity index (χ1) is 16.2. The van der Waals surface area contributed by atoms with E-state index < -0.39 is 21.9 Å². The number of fused-ring (bicyclic) bond motifs is 1. The molecule has 0 saturated heterocycles. The quantitative estimate of drug-likeness (QED) is 0.423. The number of rotatable bonds is 5. The molecule has 4 aromatic rings. The zero-order valence-electron chi connectivity index (χ0n) is 18.6. The minimum Gasteiger partial charge on any atom is -0.465 e. The summed E-state index contributed by atoms with van der Waals surface area (Å²) in [5.74, 6) is -0.908. The van der Waals surface area contributed by atoms with Crippen LogP contribution < -0.4 is 9.52 Å². The van der Waals surface area contributed by atoms with Gasteiger partial charge in [0.2, 0.25) is 0 Å². The van der Waals surface area contributed by atoms with Crippen molar-refractivity contribution in [1.29, 1.82) is 0 Å². The predicted octanol–water partition coefficient (Wildman–Crippen LogP) is 3.88. The molecule has 10 heteroatoms. The Morgan fingerprint density at radius 1 is 0.971 bits per heavy atom. The normalized spacial score (nSPS) is 12.0. The predicted molar refractivity (Wildman–Crippen MR) is 130 cm³/mol. The van der Waals surface area contributed by atoms with E-state index >= 15 is 0 Å². The van der Waals surface area contributed by atoms with E-state index in [4.69, 9.17) is 4.74 Å². The second kappa shape index (κ2) is 9.24. The molecule has 0 radical (unpaired) electrons. The summed E-state index contributed by atoms with van der Waals surface area (Å²) in [5, 5.41) is 0. The van der Waals surface area contributed by atoms with Gasteiger partial charge in [-0.15, -0.1) is 0 Å². The third kappa shape index (κ3) is 4.78. The summed E-state index contributed by atoms with van der Waals surface area (Å²) in [7, 11) is -0.635. The summed E-state index contributed by atoms with van der Waals surface area (Å²) in [6.07, 6.45) is 0. The monoisotopic (exact) mass is 495 g/mol. The molecule has 0 spiro atoms. The van der Waals surface area contributed by atoms with Crippen molar-refractivity contribution < 1.29 is 22.7 Å². The smallest absolute Gasteiger partial charge is 0.337 e. The van der Waals surface area contributed by atoms with Crippen molar-refractivity contribution in [1.82, 2.24) is 4.57 Å². The van der Waals surface area contributed by atoms with Gasteiger partial charge in [-0.05, 0) is 61.5 Å². The number of ether oxygens (including phenoxy) is 1. The van der Waals surface area contributed by atoms with Crippen LogP contribution >= 0.6 is 11.3 Å². The largest absolute Gasteiger partial charge is 0.465 e. The van der Waals surface area contributed by atoms with Crippen LogP contribution in [0, 0.1) is 6.92 Å². The maximum atomic E-state index is 12.7. The van der Waals surface area contributed by atoms with Crippen LogP contribution in [0.5, 0.6) is 0 Å². The SMILES string of the molecule is COC(=O)c1ccc2c(c1)sc(=NC(=O)c1ccc(NS(=O)(=O)c3ccc(C)cc3)cc1)n2C. The minimum absolute atomic E-state index is 0.154. The van der Waals surface area contributed by atoms with Gasteiger partial charge in [0.1, 0.15) is 0 Å². The number of anilines is 1. The van der Waals surface area contributed by atoms with E-state index in [0.717, 1.165) is 15.8 Å². The van der Waals surface area contributed by atoms with Crippen LogP contribution in [0.2, 0.25) is 0 Å². The minimum atomic E-state index is -3.74. The van der Waals surface area contributed by atoms with E-state index in [1.54, 1.807) is 41.9 Å². The summed E-state index contributed by atoms with van der Waals surface area (Å²) in [6, 6.07) is 17.7. The van der Waals surface area contributed by atoms with Crippen LogP contribution in [0.3, 0.4) is 0 Å². The zero-order chi connectivity index (χ0) is 24.5. The van der Waals surface area contributed by atoms with Crippen LogP contribution in [-0.2, 0) is 21.8 Å². The number of hydrogen-bond donors (Lipinski definition) is 1. The van der Waals surface area contributed by atoms with Gasteiger partial charge in [-0.2, -0.15) is 4.99 Å². The number of nitrogens with zero attached hydrogens (tertiary/aromatic N) is 2. The van der Waals surface area contributed by atoms with E-state index in [2.05, 4.69) is 9.71 Å². The summed E-state index contributed by atoms with van der Waals surface area (Å²) < 4.78 is 34.9. The van der Waals surface area contributed by atoms with Gasteiger partial charge in [0.05, 0.1) is 27.8 Å². The number of aryl methyl sites for hydroxylation is 2. The van der Waals surface area contributed by atoms with Crippen LogP contribution in [-0.4, -0.2) is 32.0 Å². The number of benzene rings is 3. The molecule has 1 heterocycles. The van der Waals surface area contributed by atoms with Crippen LogP contribution in [0.1, 0.15) is 26.3 Å². The number of amides is 1. The van der Waals surface area contributed by atoms with Crippen LogP contribution in [0.15, 0.2) is 76.6 Å². The van der Waals surface area contributed by atoms with Crippen molar-refractivity contribution in [2.45, 2.75) is 11.8 Å². The molecule has 1 N–H and O–H groups in total. The van der Waals surface area contributed by atoms with E-state index in [-0.39, 0.29) is 4.90 Å². The Bertz CT molecular complexity index is 1570. The Kier molecular flexibility index (Phi) is 6.36. The third-order valence-electron chi connectivity index (χ3n) is 5.14. The van der Waals surface area contributed by atoms with Crippen molar-refractivity contribution in [3.8, 4) is 0 Å². The molecule has 1 amide bonds. The molecule has 4 rings (SSSR count). The van der Waals surface area contributed by atoms with E-state index in [1.807, 2.05) is 6.92 Å². The van der Waals surface area contributed by atoms with Crippen molar-refractivity contribution in [3.05, 3.63) is 88.2 Å². The lowest BCUT2D eigenvalue weighted by atomic mass is 10.2. The molecule has 174 valence electrons. The number of methoxy groups -OCH3 is 1. The van der Waals surface area contributed by atoms with Crippen molar-refractivity contribution in [2.24, 2.45) is 12.0 Å². The highest BCUT2D eigenvalue weighted by molar-refractivity contribution is 7.92. The third-order valence-corrected chi connectivity index (χ3v) is 7.63. The Morgan fingerprint density at radius 3 is 2.26 bits per heavy atom. The highest BCUT2D eigenvalue weighted by Crippen LogP contribution is 2.20. The molecular formula is C24H21N3O5S2. The van der Waals surface area contributed by atoms with Crippen molar-refractivity contribution in [3.63, 3.8) is 0 Å². The lowest BCUT2D eigenvalue weighted by Crippen LogP contribution is -2.14. The standard InChI is InChI=1S/C24H21N3O5S2/c1-15-4-11-19(12-5-15)34(30,31)26-18-9-6-16(7-10-18)22(28)25-24-27(2)20-13-8-17(23(29)32-3)14-21(20)33-24/h4-14,26H,1-3H3. The van der Waals surface area contributed by atoms with Gasteiger partial charge in [-0.3, -0.25) is 9.52 Å². The lowest BCUT2D eigenvalue weighted by Gasteiger charge is -2.08. The summed E-state index contributed by atoms with van der Waals surface area (Å²) >= 11 is 1.27. The Labute approximate surface area is 200 Å². The summed E-state index contributed by atoms with van der Waals surface area (Å²) in [5.41, 5.74) is 2.84. The number of hydrogen-bond acceptors (Lipinski definition) is 6. The van der Waals surface area contributed by atoms with Gasteiger partial charge in [0.25, 0.3) is 15.9 Å². The first-order valence-corrected chi connectivity index (χ1v) is 12.4. The van der Waals surface area contributed by atoms with Gasteiger partial charge in [0, 0.05) is 18.3 Å². The summed E-state index contributed by atoms with van der Waals surface area (Å²) in [6.45, 7) is 1.88. The number of thiazole rings is 1. The van der Waals surface area contributed by atoms with Gasteiger partial charge in [-0.1, -0.05) is 29.0 Å². The molecule has 8 nitrogen and oxygen atoms in total. The molecule has 0 aliphatic carbocycles. The maximum absolute atomic E-state index is 12.7. The number of carbonyl (C=O) groups is 2. The first kappa shape index (κ1) is 23.4. The van der Waals surface area contributed by atoms with Crippen LogP contribution in [0.4, 0.5) is 5.69 Å². The molecule has 0 saturated carbocycles. The van der Waals surface area contributed by atoms with E-state index in [1.165, 1.54) is 54.8 Å². The fourth-order valence-electron chi connectivity index (χ4n) is 3.25. The molecule has 0 aliphatic rings. The highest BCUT2D eigenvalue weighted by atomic mass is 32.2. The molecule has 3 aromatic carbocycles. The van der Waals surface area contributed by atoms with E-state index in [9.17, 15) is 18.0 Å². The Balaban J connectivity index is 1.57. The molecule has 0 fully saturated rings. The number of carbonyl (C=O) groups excluding carboxylic acids is 2. The first-order valence-electron chi connectivity index (χ1n) is 10.1. The van der Waals surface area contributed by atoms with Gasteiger partial charge < -0.3 is 9.30 Å². The molecule has 1 aromatic heterocycles. The molecule has 0 atom stereocenters. The molecule has 0 aliphatic heterocycles. The fourth-order valence-corrected chi connectivity index (χ4v) is 5.36. The maximum Gasteiger partial charge on any atom is 0.337 e. The molecular weight excluding hydrogens is 474 g/mol. The number of sulfonamides is 1. The second-order valence-corrected chi connectivity index (χ2v) is 10.2. The zero-order valence-corrected chi connectivity index (χ0v) is 20.2. The number of aromatic nitrogens is 1. The average molecular weight is 496 g/mol. The highest BCUT2D eigenvalue weighted by Gasteiger charge is 2.15. The van der Waals surface area contributed by atoms with Crippen molar-refractivity contribution >= 4 is 49.1 Å². The van der Waals surface area contributed by atoms with Crippen LogP contribution in [0.25, 0.3) is 10.2 Å². The van der Waals surface area contributed by atoms with Gasteiger partial charge in [-0.25, -0.2) is 13.2 Å². The number of nitrogens with one attached hydrogen (secondary N) is 1. The topological polar surface area (TPSA) is 107 Å². The molecule has 0 unspecified atom stereocenters. The fraction of sp³-hybridized carbons (Fsp3) is 0.125. The van der Waals surface area contributed by atoms with Gasteiger partial charge in [0.15, 0.2) is 4.80 Å². The lowest BCUT2D eigenvalue weighted by molar-refractivity contribution is 0.0600. The summed E-state index contributed by atoms with van der Waals surface area (Å²) in [4.78, 5) is 29.3. The van der Waals surface area contributed by atoms with Crippen molar-refractivity contribution in [2.75, 3.05) is 11.8 Å².